The van der Waals surface area contributed by atoms with Gasteiger partial charge < -0.3 is 59.2 Å². The largest absolute Gasteiger partial charge is 0.457 e. The normalized spacial score (nSPS) is 27.4. The third-order valence-corrected chi connectivity index (χ3v) is 9.74. The lowest BCUT2D eigenvalue weighted by atomic mass is 9.94. The minimum absolute atomic E-state index is 0.00681. The molecule has 10 atom stereocenters. The van der Waals surface area contributed by atoms with E-state index in [1.165, 1.54) is 6.92 Å². The van der Waals surface area contributed by atoms with Crippen molar-refractivity contribution in [2.45, 2.75) is 94.5 Å². The number of carbonyl (C=O) groups is 1. The van der Waals surface area contributed by atoms with Gasteiger partial charge in [-0.2, -0.15) is 0 Å². The number of ether oxygens (including phenoxy) is 8. The Hall–Kier alpha value is -4.25. The summed E-state index contributed by atoms with van der Waals surface area (Å²) in [5.41, 5.74) is 9.27. The Morgan fingerprint density at radius 3 is 1.79 bits per heavy atom. The second kappa shape index (κ2) is 22.0. The molecule has 2 aliphatic rings. The summed E-state index contributed by atoms with van der Waals surface area (Å²) in [6.07, 6.45) is -9.01. The number of benzene rings is 4. The topological polar surface area (TPSA) is 169 Å². The predicted molar refractivity (Wildman–Crippen MR) is 210 cm³/mol. The van der Waals surface area contributed by atoms with Crippen molar-refractivity contribution in [2.24, 2.45) is 5.73 Å². The first-order valence-corrected chi connectivity index (χ1v) is 19.4. The van der Waals surface area contributed by atoms with Crippen molar-refractivity contribution in [3.63, 3.8) is 0 Å². The Morgan fingerprint density at radius 1 is 0.684 bits per heavy atom. The highest BCUT2D eigenvalue weighted by Gasteiger charge is 2.54. The first-order valence-electron chi connectivity index (χ1n) is 19.4. The van der Waals surface area contributed by atoms with Gasteiger partial charge in [0.25, 0.3) is 0 Å². The van der Waals surface area contributed by atoms with Crippen LogP contribution in [0.5, 0.6) is 0 Å². The summed E-state index contributed by atoms with van der Waals surface area (Å²) in [7, 11) is 0. The van der Waals surface area contributed by atoms with Crippen LogP contribution < -0.4 is 11.1 Å². The molecule has 5 N–H and O–H groups in total. The van der Waals surface area contributed by atoms with Crippen LogP contribution in [0.2, 0.25) is 0 Å². The number of esters is 1. The second-order valence-corrected chi connectivity index (χ2v) is 14.0. The van der Waals surface area contributed by atoms with Crippen LogP contribution in [0.25, 0.3) is 0 Å². The molecule has 10 unspecified atom stereocenters. The molecule has 0 aliphatic carbocycles. The minimum atomic E-state index is -1.25. The van der Waals surface area contributed by atoms with Crippen LogP contribution in [-0.2, 0) is 62.5 Å². The first kappa shape index (κ1) is 42.4. The van der Waals surface area contributed by atoms with Crippen LogP contribution in [-0.4, -0.2) is 104 Å². The summed E-state index contributed by atoms with van der Waals surface area (Å²) in [5.74, 6) is -0.578. The van der Waals surface area contributed by atoms with Crippen LogP contribution in [0.4, 0.5) is 5.69 Å². The van der Waals surface area contributed by atoms with E-state index in [1.807, 2.05) is 121 Å². The van der Waals surface area contributed by atoms with Gasteiger partial charge in [0.05, 0.1) is 39.6 Å². The maximum Gasteiger partial charge on any atom is 0.303 e. The van der Waals surface area contributed by atoms with Crippen molar-refractivity contribution >= 4 is 11.7 Å². The zero-order valence-electron chi connectivity index (χ0n) is 32.1. The fourth-order valence-corrected chi connectivity index (χ4v) is 6.91. The monoisotopic (exact) mass is 786 g/mol. The molecule has 13 heteroatoms. The highest BCUT2D eigenvalue weighted by atomic mass is 16.7. The number of aliphatic hydroxyl groups is 2. The molecule has 57 heavy (non-hydrogen) atoms. The van der Waals surface area contributed by atoms with Crippen molar-refractivity contribution in [2.75, 3.05) is 31.7 Å². The molecule has 4 aromatic rings. The number of carbonyl (C=O) groups excluding carboxylic acids is 1. The number of anilines is 1. The van der Waals surface area contributed by atoms with Gasteiger partial charge in [0.1, 0.15) is 42.7 Å². The van der Waals surface area contributed by atoms with Crippen LogP contribution in [0.3, 0.4) is 0 Å². The van der Waals surface area contributed by atoms with Crippen LogP contribution in [0, 0.1) is 0 Å². The number of hydrogen-bond donors (Lipinski definition) is 4. The third kappa shape index (κ3) is 12.1. The number of hydrogen-bond acceptors (Lipinski definition) is 13. The van der Waals surface area contributed by atoms with E-state index in [0.717, 1.165) is 16.7 Å². The van der Waals surface area contributed by atoms with E-state index >= 15 is 0 Å². The Bertz CT molecular complexity index is 1730. The van der Waals surface area contributed by atoms with Gasteiger partial charge in [-0.3, -0.25) is 4.79 Å². The SMILES string of the molecule is CC(=O)OC1C(COCc2ccccc2)OC(OCCCN)C(OCc2ccccc2)C1OC1OC(CO)C(O)C(OCc2ccccc2)C1Nc1ccccc1. The summed E-state index contributed by atoms with van der Waals surface area (Å²) in [6.45, 7) is 2.01. The molecule has 0 saturated carbocycles. The molecule has 4 aromatic carbocycles. The molecule has 0 bridgehead atoms. The van der Waals surface area contributed by atoms with Gasteiger partial charge in [-0.05, 0) is 41.8 Å². The summed E-state index contributed by atoms with van der Waals surface area (Å²) >= 11 is 0. The molecular formula is C44H54N2O11. The number of nitrogens with one attached hydrogen (secondary N) is 1. The molecule has 2 fully saturated rings. The van der Waals surface area contributed by atoms with E-state index in [9.17, 15) is 15.0 Å². The van der Waals surface area contributed by atoms with E-state index in [0.29, 0.717) is 18.7 Å². The first-order chi connectivity index (χ1) is 27.9. The Morgan fingerprint density at radius 2 is 1.23 bits per heavy atom. The predicted octanol–water partition coefficient (Wildman–Crippen LogP) is 4.34. The lowest BCUT2D eigenvalue weighted by Gasteiger charge is -2.49. The molecule has 2 aliphatic heterocycles. The van der Waals surface area contributed by atoms with Gasteiger partial charge in [-0.25, -0.2) is 0 Å². The van der Waals surface area contributed by atoms with E-state index in [2.05, 4.69) is 5.32 Å². The Labute approximate surface area is 333 Å². The summed E-state index contributed by atoms with van der Waals surface area (Å²) in [4.78, 5) is 12.9. The molecule has 0 amide bonds. The van der Waals surface area contributed by atoms with Crippen molar-refractivity contribution in [3.05, 3.63) is 138 Å². The van der Waals surface area contributed by atoms with E-state index < -0.39 is 73.9 Å². The van der Waals surface area contributed by atoms with Crippen molar-refractivity contribution in [1.29, 1.82) is 0 Å². The van der Waals surface area contributed by atoms with Gasteiger partial charge in [0, 0.05) is 12.6 Å². The molecule has 0 radical (unpaired) electrons. The molecule has 306 valence electrons. The molecule has 0 spiro atoms. The fraction of sp³-hybridized carbons (Fsp3) is 0.432. The van der Waals surface area contributed by atoms with Gasteiger partial charge in [0.2, 0.25) is 0 Å². The zero-order valence-corrected chi connectivity index (χ0v) is 32.1. The Kier molecular flexibility index (Phi) is 16.4. The standard InChI is InChI=1S/C44H54N2O11/c1-30(48)54-39-36(29-50-26-31-15-6-2-7-16-31)56-44(51-24-14-23-45)42(53-28-33-19-10-4-11-20-33)41(39)57-43-37(46-34-21-12-5-13-22-34)40(38(49)35(25-47)55-43)52-27-32-17-8-3-9-18-32/h2-13,15-22,35-44,46-47,49H,14,23-29,45H2,1H3. The highest BCUT2D eigenvalue weighted by Crippen LogP contribution is 2.35. The third-order valence-electron chi connectivity index (χ3n) is 9.74. The smallest absolute Gasteiger partial charge is 0.303 e. The number of nitrogens with two attached hydrogens (primary N) is 1. The molecule has 13 nitrogen and oxygen atoms in total. The second-order valence-electron chi connectivity index (χ2n) is 14.0. The van der Waals surface area contributed by atoms with E-state index in [1.54, 1.807) is 0 Å². The van der Waals surface area contributed by atoms with Gasteiger partial charge in [-0.1, -0.05) is 109 Å². The average Bonchev–Trinajstić information content (AvgIpc) is 3.23. The maximum absolute atomic E-state index is 12.9. The van der Waals surface area contributed by atoms with Gasteiger partial charge in [-0.15, -0.1) is 0 Å². The minimum Gasteiger partial charge on any atom is -0.457 e. The van der Waals surface area contributed by atoms with Crippen molar-refractivity contribution in [1.82, 2.24) is 0 Å². The number of para-hydroxylation sites is 1. The van der Waals surface area contributed by atoms with Crippen LogP contribution in [0.1, 0.15) is 30.0 Å². The molecule has 2 heterocycles. The van der Waals surface area contributed by atoms with E-state index in [-0.39, 0.29) is 33.0 Å². The average molecular weight is 787 g/mol. The van der Waals surface area contributed by atoms with Crippen LogP contribution >= 0.6 is 0 Å². The molecule has 6 rings (SSSR count). The quantitative estimate of drug-likeness (QED) is 0.0739. The lowest BCUT2D eigenvalue weighted by Crippen LogP contribution is -2.67. The summed E-state index contributed by atoms with van der Waals surface area (Å²) < 4.78 is 51.6. The fourth-order valence-electron chi connectivity index (χ4n) is 6.91. The van der Waals surface area contributed by atoms with E-state index in [4.69, 9.17) is 43.6 Å². The van der Waals surface area contributed by atoms with Gasteiger partial charge >= 0.3 is 5.97 Å². The Balaban J connectivity index is 1.37. The molecular weight excluding hydrogens is 732 g/mol. The van der Waals surface area contributed by atoms with Crippen molar-refractivity contribution < 1.29 is 52.9 Å². The maximum atomic E-state index is 12.9. The zero-order chi connectivity index (χ0) is 39.8. The van der Waals surface area contributed by atoms with Gasteiger partial charge in [0.15, 0.2) is 18.7 Å². The number of aliphatic hydroxyl groups excluding tert-OH is 2. The number of rotatable bonds is 20. The summed E-state index contributed by atoms with van der Waals surface area (Å²) in [5, 5.41) is 25.6. The highest BCUT2D eigenvalue weighted by molar-refractivity contribution is 5.66. The van der Waals surface area contributed by atoms with Crippen molar-refractivity contribution in [3.8, 4) is 0 Å². The molecule has 0 aromatic heterocycles. The summed E-state index contributed by atoms with van der Waals surface area (Å²) in [6, 6.07) is 37.4. The van der Waals surface area contributed by atoms with Crippen LogP contribution in [0.15, 0.2) is 121 Å². The molecule has 2 saturated heterocycles. The lowest BCUT2D eigenvalue weighted by molar-refractivity contribution is -0.355.